The average Bonchev–Trinajstić information content (AvgIpc) is 2.89. The van der Waals surface area contributed by atoms with Gasteiger partial charge < -0.3 is 15.8 Å². The summed E-state index contributed by atoms with van der Waals surface area (Å²) in [6.07, 6.45) is 4.84. The molecule has 0 bridgehead atoms. The number of aromatic nitrogens is 2. The Morgan fingerprint density at radius 1 is 1.75 bits per heavy atom. The predicted octanol–water partition coefficient (Wildman–Crippen LogP) is -0.239. The standard InChI is InChI=1S/C10H16N4O2/c11-8-6-13-14(7-8)4-3-12-10(15)9-2-1-5-16-9/h6-7,9H,1-5,11H2,(H,12,15). The maximum atomic E-state index is 11.6. The zero-order chi connectivity index (χ0) is 11.4. The highest BCUT2D eigenvalue weighted by Gasteiger charge is 2.22. The van der Waals surface area contributed by atoms with Crippen molar-refractivity contribution in [2.45, 2.75) is 25.5 Å². The molecule has 0 aliphatic carbocycles. The van der Waals surface area contributed by atoms with Gasteiger partial charge in [-0.2, -0.15) is 5.10 Å². The summed E-state index contributed by atoms with van der Waals surface area (Å²) < 4.78 is 6.97. The molecule has 2 rings (SSSR count). The summed E-state index contributed by atoms with van der Waals surface area (Å²) in [5.41, 5.74) is 6.15. The second-order valence-electron chi connectivity index (χ2n) is 3.83. The van der Waals surface area contributed by atoms with Gasteiger partial charge in [-0.25, -0.2) is 0 Å². The molecule has 1 aromatic heterocycles. The lowest BCUT2D eigenvalue weighted by atomic mass is 10.2. The highest BCUT2D eigenvalue weighted by atomic mass is 16.5. The van der Waals surface area contributed by atoms with Gasteiger partial charge in [0.15, 0.2) is 0 Å². The average molecular weight is 224 g/mol. The topological polar surface area (TPSA) is 82.2 Å². The molecule has 1 aromatic rings. The van der Waals surface area contributed by atoms with E-state index in [0.29, 0.717) is 25.4 Å². The number of nitrogens with zero attached hydrogens (tertiary/aromatic N) is 2. The minimum absolute atomic E-state index is 0.0300. The molecule has 1 aliphatic heterocycles. The highest BCUT2D eigenvalue weighted by molar-refractivity contribution is 5.80. The summed E-state index contributed by atoms with van der Waals surface area (Å²) in [6, 6.07) is 0. The second-order valence-corrected chi connectivity index (χ2v) is 3.83. The van der Waals surface area contributed by atoms with Crippen molar-refractivity contribution in [3.05, 3.63) is 12.4 Å². The number of carbonyl (C=O) groups excluding carboxylic acids is 1. The van der Waals surface area contributed by atoms with Gasteiger partial charge in [0.2, 0.25) is 5.91 Å². The van der Waals surface area contributed by atoms with Crippen molar-refractivity contribution in [3.63, 3.8) is 0 Å². The summed E-state index contributed by atoms with van der Waals surface area (Å²) in [4.78, 5) is 11.6. The van der Waals surface area contributed by atoms with E-state index < -0.39 is 0 Å². The molecule has 88 valence electrons. The van der Waals surface area contributed by atoms with E-state index in [9.17, 15) is 4.79 Å². The quantitative estimate of drug-likeness (QED) is 0.739. The van der Waals surface area contributed by atoms with E-state index in [4.69, 9.17) is 10.5 Å². The number of nitrogens with one attached hydrogen (secondary N) is 1. The Hall–Kier alpha value is -1.56. The molecule has 1 unspecified atom stereocenters. The Morgan fingerprint density at radius 2 is 2.62 bits per heavy atom. The van der Waals surface area contributed by atoms with Crippen LogP contribution in [0.4, 0.5) is 5.69 Å². The number of carbonyl (C=O) groups is 1. The van der Waals surface area contributed by atoms with Crippen LogP contribution in [0.5, 0.6) is 0 Å². The van der Waals surface area contributed by atoms with Crippen molar-refractivity contribution >= 4 is 11.6 Å². The minimum Gasteiger partial charge on any atom is -0.396 e. The Balaban J connectivity index is 1.69. The molecule has 0 aromatic carbocycles. The van der Waals surface area contributed by atoms with Gasteiger partial charge in [0.05, 0.1) is 18.4 Å². The number of rotatable bonds is 4. The zero-order valence-corrected chi connectivity index (χ0v) is 9.06. The number of nitrogen functional groups attached to an aromatic ring is 1. The van der Waals surface area contributed by atoms with Crippen molar-refractivity contribution in [3.8, 4) is 0 Å². The van der Waals surface area contributed by atoms with Crippen LogP contribution >= 0.6 is 0 Å². The third-order valence-corrected chi connectivity index (χ3v) is 2.52. The van der Waals surface area contributed by atoms with Crippen LogP contribution in [-0.4, -0.2) is 34.9 Å². The zero-order valence-electron chi connectivity index (χ0n) is 9.06. The number of hydrogen-bond acceptors (Lipinski definition) is 4. The van der Waals surface area contributed by atoms with Gasteiger partial charge in [-0.15, -0.1) is 0 Å². The van der Waals surface area contributed by atoms with Crippen LogP contribution in [0.3, 0.4) is 0 Å². The summed E-state index contributed by atoms with van der Waals surface area (Å²) in [5, 5.41) is 6.84. The number of ether oxygens (including phenoxy) is 1. The molecule has 1 aliphatic rings. The SMILES string of the molecule is Nc1cnn(CCNC(=O)C2CCCO2)c1. The lowest BCUT2D eigenvalue weighted by Gasteiger charge is -2.10. The fourth-order valence-corrected chi connectivity index (χ4v) is 1.69. The molecule has 6 nitrogen and oxygen atoms in total. The van der Waals surface area contributed by atoms with Crippen LogP contribution in [-0.2, 0) is 16.1 Å². The fourth-order valence-electron chi connectivity index (χ4n) is 1.69. The predicted molar refractivity (Wildman–Crippen MR) is 58.6 cm³/mol. The summed E-state index contributed by atoms with van der Waals surface area (Å²) in [7, 11) is 0. The van der Waals surface area contributed by atoms with Crippen LogP contribution in [0.1, 0.15) is 12.8 Å². The second kappa shape index (κ2) is 4.98. The van der Waals surface area contributed by atoms with E-state index in [0.717, 1.165) is 12.8 Å². The van der Waals surface area contributed by atoms with Gasteiger partial charge in [0, 0.05) is 19.3 Å². The lowest BCUT2D eigenvalue weighted by Crippen LogP contribution is -2.36. The normalized spacial score (nSPS) is 19.9. The molecular weight excluding hydrogens is 208 g/mol. The van der Waals surface area contributed by atoms with E-state index >= 15 is 0 Å². The number of hydrogen-bond donors (Lipinski definition) is 2. The third kappa shape index (κ3) is 2.73. The van der Waals surface area contributed by atoms with Gasteiger partial charge in [-0.05, 0) is 12.8 Å². The number of anilines is 1. The smallest absolute Gasteiger partial charge is 0.249 e. The first kappa shape index (κ1) is 10.9. The first-order valence-electron chi connectivity index (χ1n) is 5.43. The Kier molecular flexibility index (Phi) is 3.40. The third-order valence-electron chi connectivity index (χ3n) is 2.52. The Bertz CT molecular complexity index is 357. The lowest BCUT2D eigenvalue weighted by molar-refractivity contribution is -0.130. The molecule has 0 saturated carbocycles. The molecule has 6 heteroatoms. The van der Waals surface area contributed by atoms with Gasteiger partial charge in [0.25, 0.3) is 0 Å². The maximum absolute atomic E-state index is 11.6. The molecule has 3 N–H and O–H groups in total. The fraction of sp³-hybridized carbons (Fsp3) is 0.600. The molecule has 0 spiro atoms. The van der Waals surface area contributed by atoms with Gasteiger partial charge >= 0.3 is 0 Å². The largest absolute Gasteiger partial charge is 0.396 e. The van der Waals surface area contributed by atoms with Crippen LogP contribution in [0, 0.1) is 0 Å². The van der Waals surface area contributed by atoms with Gasteiger partial charge in [0.1, 0.15) is 6.10 Å². The maximum Gasteiger partial charge on any atom is 0.249 e. The van der Waals surface area contributed by atoms with Crippen LogP contribution in [0.2, 0.25) is 0 Å². The van der Waals surface area contributed by atoms with Crippen molar-refractivity contribution in [1.29, 1.82) is 0 Å². The van der Waals surface area contributed by atoms with Gasteiger partial charge in [-0.3, -0.25) is 9.48 Å². The Morgan fingerprint density at radius 3 is 3.25 bits per heavy atom. The summed E-state index contributed by atoms with van der Waals surface area (Å²) in [6.45, 7) is 1.85. The minimum atomic E-state index is -0.261. The van der Waals surface area contributed by atoms with E-state index in [1.807, 2.05) is 0 Å². The molecule has 2 heterocycles. The van der Waals surface area contributed by atoms with E-state index in [2.05, 4.69) is 10.4 Å². The van der Waals surface area contributed by atoms with E-state index in [-0.39, 0.29) is 12.0 Å². The van der Waals surface area contributed by atoms with Crippen molar-refractivity contribution in [2.24, 2.45) is 0 Å². The number of amides is 1. The molecular formula is C10H16N4O2. The molecule has 1 saturated heterocycles. The van der Waals surface area contributed by atoms with Gasteiger partial charge in [-0.1, -0.05) is 0 Å². The number of nitrogens with two attached hydrogens (primary N) is 1. The first-order chi connectivity index (χ1) is 7.75. The summed E-state index contributed by atoms with van der Waals surface area (Å²) >= 11 is 0. The Labute approximate surface area is 93.8 Å². The van der Waals surface area contributed by atoms with Crippen LogP contribution < -0.4 is 11.1 Å². The monoisotopic (exact) mass is 224 g/mol. The van der Waals surface area contributed by atoms with Crippen LogP contribution in [0.15, 0.2) is 12.4 Å². The summed E-state index contributed by atoms with van der Waals surface area (Å²) in [5.74, 6) is -0.0300. The molecule has 1 atom stereocenters. The highest BCUT2D eigenvalue weighted by Crippen LogP contribution is 2.11. The van der Waals surface area contributed by atoms with E-state index in [1.54, 1.807) is 17.1 Å². The first-order valence-corrected chi connectivity index (χ1v) is 5.43. The molecule has 16 heavy (non-hydrogen) atoms. The van der Waals surface area contributed by atoms with Crippen molar-refractivity contribution in [1.82, 2.24) is 15.1 Å². The molecule has 0 radical (unpaired) electrons. The van der Waals surface area contributed by atoms with Crippen LogP contribution in [0.25, 0.3) is 0 Å². The molecule has 1 amide bonds. The van der Waals surface area contributed by atoms with Crippen molar-refractivity contribution < 1.29 is 9.53 Å². The van der Waals surface area contributed by atoms with Crippen molar-refractivity contribution in [2.75, 3.05) is 18.9 Å². The van der Waals surface area contributed by atoms with E-state index in [1.165, 1.54) is 0 Å². The molecule has 1 fully saturated rings.